The third-order valence-electron chi connectivity index (χ3n) is 3.21. The summed E-state index contributed by atoms with van der Waals surface area (Å²) in [5.41, 5.74) is 2.92. The van der Waals surface area contributed by atoms with Gasteiger partial charge in [-0.3, -0.25) is 0 Å². The lowest BCUT2D eigenvalue weighted by Crippen LogP contribution is -2.31. The highest BCUT2D eigenvalue weighted by molar-refractivity contribution is 7.89. The van der Waals surface area contributed by atoms with Crippen LogP contribution >= 0.6 is 0 Å². The summed E-state index contributed by atoms with van der Waals surface area (Å²) in [4.78, 5) is 4.47. The van der Waals surface area contributed by atoms with Crippen LogP contribution in [0.5, 0.6) is 0 Å². The molecule has 0 unspecified atom stereocenters. The molecule has 20 heavy (non-hydrogen) atoms. The molecule has 0 bridgehead atoms. The molecule has 1 N–H and O–H groups in total. The van der Waals surface area contributed by atoms with E-state index in [1.807, 2.05) is 35.7 Å². The first-order valence-corrected chi connectivity index (χ1v) is 8.06. The van der Waals surface area contributed by atoms with Crippen molar-refractivity contribution in [3.63, 3.8) is 0 Å². The number of hydrogen-bond acceptors (Lipinski definition) is 4. The van der Waals surface area contributed by atoms with Crippen LogP contribution in [0.1, 0.15) is 11.4 Å². The van der Waals surface area contributed by atoms with Gasteiger partial charge in [0.05, 0.1) is 17.1 Å². The van der Waals surface area contributed by atoms with Crippen LogP contribution in [0.25, 0.3) is 5.65 Å². The molecule has 7 heteroatoms. The van der Waals surface area contributed by atoms with E-state index in [-0.39, 0.29) is 5.75 Å². The van der Waals surface area contributed by atoms with Gasteiger partial charge in [0.2, 0.25) is 10.0 Å². The van der Waals surface area contributed by atoms with Crippen LogP contribution in [0, 0.1) is 6.92 Å². The molecule has 0 aromatic carbocycles. The van der Waals surface area contributed by atoms with Gasteiger partial charge in [0.15, 0.2) is 0 Å². The highest BCUT2D eigenvalue weighted by atomic mass is 32.2. The molecular formula is C13H20N4O2S. The Kier molecular flexibility index (Phi) is 4.42. The molecule has 2 aromatic heterocycles. The van der Waals surface area contributed by atoms with Crippen molar-refractivity contribution in [2.24, 2.45) is 0 Å². The zero-order valence-corrected chi connectivity index (χ0v) is 12.8. The van der Waals surface area contributed by atoms with Crippen molar-refractivity contribution >= 4 is 15.7 Å². The minimum absolute atomic E-state index is 0.0930. The van der Waals surface area contributed by atoms with Gasteiger partial charge < -0.3 is 9.72 Å². The van der Waals surface area contributed by atoms with Crippen LogP contribution in [0.4, 0.5) is 0 Å². The van der Waals surface area contributed by atoms with Gasteiger partial charge in [-0.1, -0.05) is 6.07 Å². The third-order valence-corrected chi connectivity index (χ3v) is 5.05. The maximum Gasteiger partial charge on any atom is 0.214 e. The van der Waals surface area contributed by atoms with E-state index in [4.69, 9.17) is 0 Å². The monoisotopic (exact) mass is 296 g/mol. The fourth-order valence-electron chi connectivity index (χ4n) is 1.97. The summed E-state index contributed by atoms with van der Waals surface area (Å²) >= 11 is 0. The minimum atomic E-state index is -3.14. The highest BCUT2D eigenvalue weighted by Gasteiger charge is 2.13. The van der Waals surface area contributed by atoms with Gasteiger partial charge in [-0.15, -0.1) is 0 Å². The first kappa shape index (κ1) is 15.0. The first-order valence-electron chi connectivity index (χ1n) is 6.45. The number of sulfonamides is 1. The molecule has 0 aliphatic rings. The van der Waals surface area contributed by atoms with Crippen LogP contribution in [0.15, 0.2) is 24.4 Å². The van der Waals surface area contributed by atoms with Crippen LogP contribution in [-0.4, -0.2) is 48.5 Å². The van der Waals surface area contributed by atoms with Crippen molar-refractivity contribution in [3.8, 4) is 0 Å². The summed E-state index contributed by atoms with van der Waals surface area (Å²) in [7, 11) is -0.0523. The predicted octanol–water partition coefficient (Wildman–Crippen LogP) is 0.624. The Hall–Kier alpha value is -1.44. The molecule has 0 saturated carbocycles. The lowest BCUT2D eigenvalue weighted by molar-refractivity contribution is 0.517. The van der Waals surface area contributed by atoms with Crippen molar-refractivity contribution in [1.82, 2.24) is 19.0 Å². The topological polar surface area (TPSA) is 66.7 Å². The Bertz CT molecular complexity index is 691. The number of nitrogens with zero attached hydrogens (tertiary/aromatic N) is 3. The van der Waals surface area contributed by atoms with Crippen LogP contribution in [0.3, 0.4) is 0 Å². The SMILES string of the molecule is Cc1nc2ccccn2c1CNCCS(=O)(=O)N(C)C. The van der Waals surface area contributed by atoms with E-state index in [1.54, 1.807) is 14.1 Å². The van der Waals surface area contributed by atoms with Crippen molar-refractivity contribution in [2.75, 3.05) is 26.4 Å². The normalized spacial score (nSPS) is 12.4. The standard InChI is InChI=1S/C13H20N4O2S/c1-11-12(17-8-5-4-6-13(17)15-11)10-14-7-9-20(18,19)16(2)3/h4-6,8,14H,7,9-10H2,1-3H3. The van der Waals surface area contributed by atoms with Gasteiger partial charge in [0, 0.05) is 33.4 Å². The quantitative estimate of drug-likeness (QED) is 0.794. The molecule has 0 atom stereocenters. The summed E-state index contributed by atoms with van der Waals surface area (Å²) in [6.07, 6.45) is 1.96. The maximum atomic E-state index is 11.6. The molecule has 2 rings (SSSR count). The number of rotatable bonds is 6. The van der Waals surface area contributed by atoms with E-state index in [2.05, 4.69) is 10.3 Å². The molecule has 110 valence electrons. The number of pyridine rings is 1. The minimum Gasteiger partial charge on any atom is -0.310 e. The van der Waals surface area contributed by atoms with Crippen molar-refractivity contribution in [1.29, 1.82) is 0 Å². The summed E-state index contributed by atoms with van der Waals surface area (Å²) in [6, 6.07) is 5.85. The fourth-order valence-corrected chi connectivity index (χ4v) is 2.74. The molecule has 6 nitrogen and oxygen atoms in total. The first-order chi connectivity index (χ1) is 9.42. The van der Waals surface area contributed by atoms with Crippen LogP contribution in [-0.2, 0) is 16.6 Å². The van der Waals surface area contributed by atoms with Gasteiger partial charge in [-0.05, 0) is 19.1 Å². The number of imidazole rings is 1. The molecule has 0 aliphatic heterocycles. The summed E-state index contributed by atoms with van der Waals surface area (Å²) in [5.74, 6) is 0.0930. The lowest BCUT2D eigenvalue weighted by Gasteiger charge is -2.11. The Morgan fingerprint density at radius 1 is 1.35 bits per heavy atom. The second kappa shape index (κ2) is 5.90. The Morgan fingerprint density at radius 2 is 2.10 bits per heavy atom. The van der Waals surface area contributed by atoms with E-state index in [1.165, 1.54) is 4.31 Å². The van der Waals surface area contributed by atoms with Crippen LogP contribution in [0.2, 0.25) is 0 Å². The molecule has 0 spiro atoms. The largest absolute Gasteiger partial charge is 0.310 e. The summed E-state index contributed by atoms with van der Waals surface area (Å²) in [6.45, 7) is 2.97. The second-order valence-corrected chi connectivity index (χ2v) is 7.15. The Morgan fingerprint density at radius 3 is 2.80 bits per heavy atom. The molecule has 2 aromatic rings. The van der Waals surface area contributed by atoms with Crippen molar-refractivity contribution < 1.29 is 8.42 Å². The number of hydrogen-bond donors (Lipinski definition) is 1. The molecule has 2 heterocycles. The summed E-state index contributed by atoms with van der Waals surface area (Å²) in [5, 5.41) is 3.17. The second-order valence-electron chi connectivity index (χ2n) is 4.85. The average molecular weight is 296 g/mol. The smallest absolute Gasteiger partial charge is 0.214 e. The van der Waals surface area contributed by atoms with Crippen LogP contribution < -0.4 is 5.32 Å². The zero-order chi connectivity index (χ0) is 14.8. The average Bonchev–Trinajstić information content (AvgIpc) is 2.70. The summed E-state index contributed by atoms with van der Waals surface area (Å²) < 4.78 is 26.5. The number of aryl methyl sites for hydroxylation is 1. The third kappa shape index (κ3) is 3.17. The zero-order valence-electron chi connectivity index (χ0n) is 12.0. The van der Waals surface area contributed by atoms with E-state index >= 15 is 0 Å². The molecule has 0 aliphatic carbocycles. The van der Waals surface area contributed by atoms with Crippen molar-refractivity contribution in [2.45, 2.75) is 13.5 Å². The van der Waals surface area contributed by atoms with Gasteiger partial charge in [0.25, 0.3) is 0 Å². The van der Waals surface area contributed by atoms with E-state index in [0.29, 0.717) is 13.1 Å². The molecular weight excluding hydrogens is 276 g/mol. The lowest BCUT2D eigenvalue weighted by atomic mass is 10.3. The Labute approximate surface area is 119 Å². The molecule has 0 fully saturated rings. The van der Waals surface area contributed by atoms with Gasteiger partial charge in [-0.2, -0.15) is 0 Å². The number of aromatic nitrogens is 2. The Balaban J connectivity index is 1.99. The molecule has 0 amide bonds. The number of fused-ring (bicyclic) bond motifs is 1. The van der Waals surface area contributed by atoms with E-state index in [9.17, 15) is 8.42 Å². The van der Waals surface area contributed by atoms with E-state index in [0.717, 1.165) is 17.0 Å². The van der Waals surface area contributed by atoms with Crippen molar-refractivity contribution in [3.05, 3.63) is 35.8 Å². The molecule has 0 saturated heterocycles. The fraction of sp³-hybridized carbons (Fsp3) is 0.462. The number of nitrogens with one attached hydrogen (secondary N) is 1. The van der Waals surface area contributed by atoms with Gasteiger partial charge in [-0.25, -0.2) is 17.7 Å². The molecule has 0 radical (unpaired) electrons. The van der Waals surface area contributed by atoms with Gasteiger partial charge in [0.1, 0.15) is 5.65 Å². The highest BCUT2D eigenvalue weighted by Crippen LogP contribution is 2.11. The maximum absolute atomic E-state index is 11.6. The van der Waals surface area contributed by atoms with E-state index < -0.39 is 10.0 Å². The van der Waals surface area contributed by atoms with Gasteiger partial charge >= 0.3 is 0 Å². The predicted molar refractivity (Wildman–Crippen MR) is 79.1 cm³/mol.